The van der Waals surface area contributed by atoms with Crippen LogP contribution in [-0.2, 0) is 7.05 Å². The first-order valence-corrected chi connectivity index (χ1v) is 7.71. The first-order chi connectivity index (χ1) is 9.58. The summed E-state index contributed by atoms with van der Waals surface area (Å²) >= 11 is 0. The standard InChI is InChI=1S/C15H29N5/c1-5-20-8-6-13(7-9-20)18(3)15(10-16)14-11-17-19(4)12(14)2/h11,13,15H,5-10,16H2,1-4H3. The number of aryl methyl sites for hydroxylation is 1. The average Bonchev–Trinajstić information content (AvgIpc) is 2.80. The number of rotatable bonds is 5. The van der Waals surface area contributed by atoms with E-state index in [-0.39, 0.29) is 6.04 Å². The molecule has 0 aromatic carbocycles. The second-order valence-electron chi connectivity index (χ2n) is 5.89. The summed E-state index contributed by atoms with van der Waals surface area (Å²) in [6.07, 6.45) is 4.45. The molecule has 0 radical (unpaired) electrons. The van der Waals surface area contributed by atoms with Gasteiger partial charge in [0.1, 0.15) is 0 Å². The Bertz CT molecular complexity index is 420. The zero-order valence-corrected chi connectivity index (χ0v) is 13.3. The van der Waals surface area contributed by atoms with Gasteiger partial charge in [-0.05, 0) is 46.4 Å². The highest BCUT2D eigenvalue weighted by Gasteiger charge is 2.28. The SMILES string of the molecule is CCN1CCC(N(C)C(CN)c2cnn(C)c2C)CC1. The Labute approximate surface area is 122 Å². The highest BCUT2D eigenvalue weighted by Crippen LogP contribution is 2.27. The minimum Gasteiger partial charge on any atom is -0.329 e. The summed E-state index contributed by atoms with van der Waals surface area (Å²) in [5, 5.41) is 4.36. The maximum Gasteiger partial charge on any atom is 0.0540 e. The molecule has 1 unspecified atom stereocenters. The highest BCUT2D eigenvalue weighted by atomic mass is 15.3. The van der Waals surface area contributed by atoms with Crippen molar-refractivity contribution in [3.8, 4) is 0 Å². The molecule has 1 atom stereocenters. The number of piperidine rings is 1. The van der Waals surface area contributed by atoms with E-state index in [2.05, 4.69) is 35.8 Å². The number of aromatic nitrogens is 2. The molecule has 2 N–H and O–H groups in total. The van der Waals surface area contributed by atoms with E-state index in [4.69, 9.17) is 5.73 Å². The highest BCUT2D eigenvalue weighted by molar-refractivity contribution is 5.21. The molecule has 20 heavy (non-hydrogen) atoms. The summed E-state index contributed by atoms with van der Waals surface area (Å²) in [5.41, 5.74) is 8.55. The predicted octanol–water partition coefficient (Wildman–Crippen LogP) is 1.14. The quantitative estimate of drug-likeness (QED) is 0.878. The van der Waals surface area contributed by atoms with E-state index in [1.807, 2.05) is 17.9 Å². The first kappa shape index (κ1) is 15.5. The monoisotopic (exact) mass is 279 g/mol. The second kappa shape index (κ2) is 6.70. The smallest absolute Gasteiger partial charge is 0.0540 e. The molecule has 2 heterocycles. The summed E-state index contributed by atoms with van der Waals surface area (Å²) in [5.74, 6) is 0. The van der Waals surface area contributed by atoms with Crippen molar-refractivity contribution in [2.24, 2.45) is 12.8 Å². The van der Waals surface area contributed by atoms with E-state index in [9.17, 15) is 0 Å². The van der Waals surface area contributed by atoms with Gasteiger partial charge in [-0.1, -0.05) is 6.92 Å². The van der Waals surface area contributed by atoms with Gasteiger partial charge in [-0.2, -0.15) is 5.10 Å². The van der Waals surface area contributed by atoms with Crippen LogP contribution in [0.1, 0.15) is 37.1 Å². The van der Waals surface area contributed by atoms with Gasteiger partial charge in [0.25, 0.3) is 0 Å². The van der Waals surface area contributed by atoms with Crippen LogP contribution in [0.25, 0.3) is 0 Å². The number of hydrogen-bond acceptors (Lipinski definition) is 4. The second-order valence-corrected chi connectivity index (χ2v) is 5.89. The fourth-order valence-corrected chi connectivity index (χ4v) is 3.25. The maximum absolute atomic E-state index is 6.05. The number of likely N-dealkylation sites (N-methyl/N-ethyl adjacent to an activating group) is 1. The van der Waals surface area contributed by atoms with Gasteiger partial charge in [-0.15, -0.1) is 0 Å². The number of nitrogens with two attached hydrogens (primary N) is 1. The molecule has 0 spiro atoms. The van der Waals surface area contributed by atoms with Gasteiger partial charge in [-0.3, -0.25) is 9.58 Å². The molecule has 1 aliphatic rings. The Morgan fingerprint density at radius 2 is 2.10 bits per heavy atom. The molecular formula is C15H29N5. The van der Waals surface area contributed by atoms with Crippen molar-refractivity contribution in [2.45, 2.75) is 38.8 Å². The molecule has 1 saturated heterocycles. The summed E-state index contributed by atoms with van der Waals surface area (Å²) in [7, 11) is 4.21. The van der Waals surface area contributed by atoms with Crippen molar-refractivity contribution >= 4 is 0 Å². The van der Waals surface area contributed by atoms with Gasteiger partial charge in [0, 0.05) is 30.9 Å². The van der Waals surface area contributed by atoms with Crippen LogP contribution in [-0.4, -0.2) is 58.8 Å². The van der Waals surface area contributed by atoms with Crippen molar-refractivity contribution in [3.63, 3.8) is 0 Å². The van der Waals surface area contributed by atoms with Gasteiger partial charge in [-0.25, -0.2) is 0 Å². The number of hydrogen-bond donors (Lipinski definition) is 1. The van der Waals surface area contributed by atoms with Crippen LogP contribution in [0.4, 0.5) is 0 Å². The van der Waals surface area contributed by atoms with Crippen LogP contribution in [0.15, 0.2) is 6.20 Å². The van der Waals surface area contributed by atoms with Crippen molar-refractivity contribution in [1.82, 2.24) is 19.6 Å². The fraction of sp³-hybridized carbons (Fsp3) is 0.800. The molecule has 0 amide bonds. The summed E-state index contributed by atoms with van der Waals surface area (Å²) < 4.78 is 1.94. The van der Waals surface area contributed by atoms with Crippen LogP contribution in [0, 0.1) is 6.92 Å². The Kier molecular flexibility index (Phi) is 5.18. The molecular weight excluding hydrogens is 250 g/mol. The van der Waals surface area contributed by atoms with Crippen LogP contribution in [0.2, 0.25) is 0 Å². The number of nitrogens with zero attached hydrogens (tertiary/aromatic N) is 4. The van der Waals surface area contributed by atoms with Crippen molar-refractivity contribution < 1.29 is 0 Å². The molecule has 0 aliphatic carbocycles. The molecule has 0 saturated carbocycles. The van der Waals surface area contributed by atoms with Crippen molar-refractivity contribution in [3.05, 3.63) is 17.5 Å². The Morgan fingerprint density at radius 3 is 2.55 bits per heavy atom. The molecule has 1 aromatic rings. The molecule has 5 nitrogen and oxygen atoms in total. The zero-order valence-electron chi connectivity index (χ0n) is 13.3. The van der Waals surface area contributed by atoms with Crippen LogP contribution < -0.4 is 5.73 Å². The average molecular weight is 279 g/mol. The van der Waals surface area contributed by atoms with Crippen LogP contribution >= 0.6 is 0 Å². The molecule has 1 aliphatic heterocycles. The van der Waals surface area contributed by atoms with E-state index < -0.39 is 0 Å². The molecule has 1 fully saturated rings. The Morgan fingerprint density at radius 1 is 1.45 bits per heavy atom. The normalized spacial score (nSPS) is 19.7. The van der Waals surface area contributed by atoms with E-state index in [0.29, 0.717) is 12.6 Å². The van der Waals surface area contributed by atoms with E-state index >= 15 is 0 Å². The van der Waals surface area contributed by atoms with Gasteiger partial charge in [0.15, 0.2) is 0 Å². The van der Waals surface area contributed by atoms with Gasteiger partial charge >= 0.3 is 0 Å². The third-order valence-electron chi connectivity index (χ3n) is 4.93. The lowest BCUT2D eigenvalue weighted by Crippen LogP contribution is -2.46. The maximum atomic E-state index is 6.05. The molecule has 0 bridgehead atoms. The zero-order chi connectivity index (χ0) is 14.7. The lowest BCUT2D eigenvalue weighted by atomic mass is 9.99. The third kappa shape index (κ3) is 3.05. The van der Waals surface area contributed by atoms with Crippen LogP contribution in [0.3, 0.4) is 0 Å². The third-order valence-corrected chi connectivity index (χ3v) is 4.93. The first-order valence-electron chi connectivity index (χ1n) is 7.71. The molecule has 2 rings (SSSR count). The number of likely N-dealkylation sites (tertiary alicyclic amines) is 1. The van der Waals surface area contributed by atoms with Gasteiger partial charge in [0.05, 0.1) is 12.2 Å². The summed E-state index contributed by atoms with van der Waals surface area (Å²) in [6.45, 7) is 8.59. The molecule has 114 valence electrons. The minimum atomic E-state index is 0.280. The topological polar surface area (TPSA) is 50.3 Å². The molecule has 1 aromatic heterocycles. The lowest BCUT2D eigenvalue weighted by Gasteiger charge is -2.39. The van der Waals surface area contributed by atoms with Gasteiger partial charge < -0.3 is 10.6 Å². The van der Waals surface area contributed by atoms with E-state index in [0.717, 1.165) is 0 Å². The summed E-state index contributed by atoms with van der Waals surface area (Å²) in [4.78, 5) is 4.99. The fourth-order valence-electron chi connectivity index (χ4n) is 3.25. The summed E-state index contributed by atoms with van der Waals surface area (Å²) in [6, 6.07) is 0.910. The molecule has 5 heteroatoms. The Hall–Kier alpha value is -0.910. The van der Waals surface area contributed by atoms with E-state index in [1.54, 1.807) is 0 Å². The predicted molar refractivity (Wildman–Crippen MR) is 82.6 cm³/mol. The van der Waals surface area contributed by atoms with Gasteiger partial charge in [0.2, 0.25) is 0 Å². The largest absolute Gasteiger partial charge is 0.329 e. The van der Waals surface area contributed by atoms with E-state index in [1.165, 1.54) is 43.7 Å². The van der Waals surface area contributed by atoms with Crippen molar-refractivity contribution in [2.75, 3.05) is 33.2 Å². The lowest BCUT2D eigenvalue weighted by molar-refractivity contribution is 0.100. The van der Waals surface area contributed by atoms with Crippen LogP contribution in [0.5, 0.6) is 0 Å². The Balaban J connectivity index is 2.06. The minimum absolute atomic E-state index is 0.280. The van der Waals surface area contributed by atoms with Crippen molar-refractivity contribution in [1.29, 1.82) is 0 Å².